The van der Waals surface area contributed by atoms with Gasteiger partial charge in [-0.3, -0.25) is 4.90 Å². The van der Waals surface area contributed by atoms with E-state index < -0.39 is 5.60 Å². The Balaban J connectivity index is 1.41. The van der Waals surface area contributed by atoms with E-state index in [1.165, 1.54) is 12.0 Å². The van der Waals surface area contributed by atoms with Crippen LogP contribution >= 0.6 is 0 Å². The third kappa shape index (κ3) is 2.92. The van der Waals surface area contributed by atoms with Gasteiger partial charge in [-0.25, -0.2) is 4.79 Å². The van der Waals surface area contributed by atoms with E-state index in [-0.39, 0.29) is 12.1 Å². The highest BCUT2D eigenvalue weighted by atomic mass is 16.3. The van der Waals surface area contributed by atoms with E-state index in [1.54, 1.807) is 0 Å². The van der Waals surface area contributed by atoms with E-state index in [2.05, 4.69) is 18.3 Å². The second-order valence-electron chi connectivity index (χ2n) is 8.16. The fourth-order valence-electron chi connectivity index (χ4n) is 5.17. The Kier molecular flexibility index (Phi) is 4.03. The maximum absolute atomic E-state index is 12.7. The second kappa shape index (κ2) is 6.07. The first-order valence-electron chi connectivity index (χ1n) is 9.42. The average Bonchev–Trinajstić information content (AvgIpc) is 2.97. The van der Waals surface area contributed by atoms with E-state index in [9.17, 15) is 9.90 Å². The number of carbonyl (C=O) groups is 1. The van der Waals surface area contributed by atoms with Gasteiger partial charge in [0, 0.05) is 18.3 Å². The first kappa shape index (κ1) is 15.9. The molecule has 3 aliphatic rings. The molecule has 1 aromatic rings. The molecule has 1 heterocycles. The van der Waals surface area contributed by atoms with Crippen molar-refractivity contribution in [1.82, 2.24) is 5.32 Å². The topological polar surface area (TPSA) is 52.6 Å². The lowest BCUT2D eigenvalue weighted by molar-refractivity contribution is -0.0713. The highest BCUT2D eigenvalue weighted by Gasteiger charge is 2.43. The number of amides is 2. The van der Waals surface area contributed by atoms with E-state index in [0.29, 0.717) is 11.8 Å². The number of aliphatic hydroxyl groups is 1. The van der Waals surface area contributed by atoms with Crippen LogP contribution in [-0.4, -0.2) is 29.3 Å². The normalized spacial score (nSPS) is 33.0. The van der Waals surface area contributed by atoms with E-state index in [4.69, 9.17) is 0 Å². The molecule has 4 rings (SSSR count). The summed E-state index contributed by atoms with van der Waals surface area (Å²) in [5.74, 6) is 1.02. The number of nitrogens with one attached hydrogen (secondary N) is 1. The average molecular weight is 328 g/mol. The largest absolute Gasteiger partial charge is 0.390 e. The standard InChI is InChI=1S/C20H28N2O2/c1-14(17-11-15-5-4-9-20(24,12-15)13-17)21-19(23)22-10-8-16-6-2-3-7-18(16)22/h2-3,6-7,14-15,17,24H,4-5,8-13H2,1H3,(H,21,23)/t14-,15?,17?,20+/m1/s1. The van der Waals surface area contributed by atoms with Gasteiger partial charge in [-0.05, 0) is 62.5 Å². The van der Waals surface area contributed by atoms with Gasteiger partial charge in [0.2, 0.25) is 0 Å². The zero-order valence-corrected chi connectivity index (χ0v) is 14.5. The minimum absolute atomic E-state index is 0.00942. The molecule has 4 heteroatoms. The molecule has 4 atom stereocenters. The molecule has 0 spiro atoms. The summed E-state index contributed by atoms with van der Waals surface area (Å²) in [6.45, 7) is 2.87. The Morgan fingerprint density at radius 1 is 1.38 bits per heavy atom. The molecule has 130 valence electrons. The summed E-state index contributed by atoms with van der Waals surface area (Å²) in [6.07, 6.45) is 7.19. The summed E-state index contributed by atoms with van der Waals surface area (Å²) in [7, 11) is 0. The van der Waals surface area contributed by atoms with Gasteiger partial charge in [0.05, 0.1) is 5.60 Å². The number of nitrogens with zero attached hydrogens (tertiary/aromatic N) is 1. The zero-order chi connectivity index (χ0) is 16.7. The number of benzene rings is 1. The number of anilines is 1. The molecular formula is C20H28N2O2. The van der Waals surface area contributed by atoms with Crippen LogP contribution in [0.3, 0.4) is 0 Å². The number of rotatable bonds is 2. The second-order valence-corrected chi connectivity index (χ2v) is 8.16. The van der Waals surface area contributed by atoms with Crippen molar-refractivity contribution >= 4 is 11.7 Å². The van der Waals surface area contributed by atoms with Crippen LogP contribution in [0.15, 0.2) is 24.3 Å². The van der Waals surface area contributed by atoms with Crippen LogP contribution in [0.2, 0.25) is 0 Å². The monoisotopic (exact) mass is 328 g/mol. The molecule has 0 saturated heterocycles. The van der Waals surface area contributed by atoms with Crippen LogP contribution in [-0.2, 0) is 6.42 Å². The van der Waals surface area contributed by atoms with Crippen LogP contribution in [0, 0.1) is 11.8 Å². The summed E-state index contributed by atoms with van der Waals surface area (Å²) in [5, 5.41) is 14.0. The van der Waals surface area contributed by atoms with Gasteiger partial charge in [-0.2, -0.15) is 0 Å². The third-order valence-corrected chi connectivity index (χ3v) is 6.39. The summed E-state index contributed by atoms with van der Waals surface area (Å²) >= 11 is 0. The zero-order valence-electron chi connectivity index (χ0n) is 14.5. The van der Waals surface area contributed by atoms with Gasteiger partial charge in [0.25, 0.3) is 0 Å². The first-order valence-corrected chi connectivity index (χ1v) is 9.42. The molecule has 24 heavy (non-hydrogen) atoms. The smallest absolute Gasteiger partial charge is 0.322 e. The van der Waals surface area contributed by atoms with Crippen LogP contribution < -0.4 is 10.2 Å². The molecule has 1 aromatic carbocycles. The lowest BCUT2D eigenvalue weighted by Crippen LogP contribution is -2.51. The quantitative estimate of drug-likeness (QED) is 0.873. The number of fused-ring (bicyclic) bond motifs is 3. The molecule has 1 aliphatic heterocycles. The minimum Gasteiger partial charge on any atom is -0.390 e. The van der Waals surface area contributed by atoms with E-state index in [1.807, 2.05) is 23.1 Å². The molecule has 0 radical (unpaired) electrons. The van der Waals surface area contributed by atoms with Crippen molar-refractivity contribution in [3.05, 3.63) is 29.8 Å². The fourth-order valence-corrected chi connectivity index (χ4v) is 5.17. The highest BCUT2D eigenvalue weighted by molar-refractivity contribution is 5.94. The summed E-state index contributed by atoms with van der Waals surface area (Å²) in [4.78, 5) is 14.6. The van der Waals surface area contributed by atoms with Crippen LogP contribution in [0.25, 0.3) is 0 Å². The number of para-hydroxylation sites is 1. The van der Waals surface area contributed by atoms with Gasteiger partial charge < -0.3 is 10.4 Å². The molecule has 2 N–H and O–H groups in total. The third-order valence-electron chi connectivity index (χ3n) is 6.39. The number of carbonyl (C=O) groups excluding carboxylic acids is 1. The molecule has 2 fully saturated rings. The Labute approximate surface area is 144 Å². The summed E-state index contributed by atoms with van der Waals surface area (Å²) < 4.78 is 0. The highest BCUT2D eigenvalue weighted by Crippen LogP contribution is 2.46. The van der Waals surface area contributed by atoms with Crippen molar-refractivity contribution in [1.29, 1.82) is 0 Å². The molecule has 2 bridgehead atoms. The van der Waals surface area contributed by atoms with Crippen molar-refractivity contribution in [3.8, 4) is 0 Å². The molecule has 2 aliphatic carbocycles. The van der Waals surface area contributed by atoms with Gasteiger partial charge in [0.1, 0.15) is 0 Å². The fraction of sp³-hybridized carbons (Fsp3) is 0.650. The maximum Gasteiger partial charge on any atom is 0.322 e. The van der Waals surface area contributed by atoms with Crippen molar-refractivity contribution < 1.29 is 9.90 Å². The summed E-state index contributed by atoms with van der Waals surface area (Å²) in [6, 6.07) is 8.27. The maximum atomic E-state index is 12.7. The van der Waals surface area contributed by atoms with Crippen LogP contribution in [0.5, 0.6) is 0 Å². The van der Waals surface area contributed by atoms with Crippen molar-refractivity contribution in [2.24, 2.45) is 11.8 Å². The Hall–Kier alpha value is -1.55. The molecule has 2 saturated carbocycles. The molecule has 2 amide bonds. The lowest BCUT2D eigenvalue weighted by atomic mass is 9.64. The van der Waals surface area contributed by atoms with Gasteiger partial charge in [-0.15, -0.1) is 0 Å². The predicted octanol–water partition coefficient (Wildman–Crippen LogP) is 3.48. The van der Waals surface area contributed by atoms with Crippen molar-refractivity contribution in [2.75, 3.05) is 11.4 Å². The molecule has 2 unspecified atom stereocenters. The van der Waals surface area contributed by atoms with Gasteiger partial charge in [-0.1, -0.05) is 31.0 Å². The molecule has 0 aromatic heterocycles. The van der Waals surface area contributed by atoms with Crippen molar-refractivity contribution in [3.63, 3.8) is 0 Å². The van der Waals surface area contributed by atoms with Crippen LogP contribution in [0.4, 0.5) is 10.5 Å². The van der Waals surface area contributed by atoms with Gasteiger partial charge >= 0.3 is 6.03 Å². The van der Waals surface area contributed by atoms with E-state index in [0.717, 1.165) is 50.8 Å². The number of urea groups is 1. The predicted molar refractivity (Wildman–Crippen MR) is 95.1 cm³/mol. The van der Waals surface area contributed by atoms with Crippen LogP contribution in [0.1, 0.15) is 51.0 Å². The lowest BCUT2D eigenvalue weighted by Gasteiger charge is -2.46. The SMILES string of the molecule is C[C@@H](NC(=O)N1CCc2ccccc21)C1CC2CCC[C@](O)(C2)C1. The van der Waals surface area contributed by atoms with E-state index >= 15 is 0 Å². The Morgan fingerprint density at radius 3 is 3.04 bits per heavy atom. The number of hydrogen-bond acceptors (Lipinski definition) is 2. The first-order chi connectivity index (χ1) is 11.5. The number of hydrogen-bond donors (Lipinski definition) is 2. The Bertz CT molecular complexity index is 632. The summed E-state index contributed by atoms with van der Waals surface area (Å²) in [5.41, 5.74) is 1.81. The van der Waals surface area contributed by atoms with Crippen molar-refractivity contribution in [2.45, 2.75) is 63.5 Å². The Morgan fingerprint density at radius 2 is 2.21 bits per heavy atom. The molecule has 4 nitrogen and oxygen atoms in total. The molecular weight excluding hydrogens is 300 g/mol. The minimum atomic E-state index is -0.481. The van der Waals surface area contributed by atoms with Gasteiger partial charge in [0.15, 0.2) is 0 Å².